The van der Waals surface area contributed by atoms with Gasteiger partial charge in [-0.05, 0) is 61.7 Å². The number of ether oxygens (including phenoxy) is 1. The van der Waals surface area contributed by atoms with Crippen LogP contribution in [-0.4, -0.2) is 20.6 Å². The lowest BCUT2D eigenvalue weighted by molar-refractivity contribution is -0.384. The molecule has 4 rings (SSSR count). The topological polar surface area (TPSA) is 99.3 Å². The van der Waals surface area contributed by atoms with Crippen LogP contribution >= 0.6 is 0 Å². The molecule has 1 N–H and O–H groups in total. The summed E-state index contributed by atoms with van der Waals surface area (Å²) in [5.41, 5.74) is 6.02. The summed E-state index contributed by atoms with van der Waals surface area (Å²) in [5, 5.41) is 18.4. The summed E-state index contributed by atoms with van der Waals surface area (Å²) >= 11 is 0. The molecule has 0 bridgehead atoms. The zero-order valence-electron chi connectivity index (χ0n) is 19.8. The molecule has 0 unspecified atom stereocenters. The van der Waals surface area contributed by atoms with Gasteiger partial charge in [0.2, 0.25) is 0 Å². The number of hydrogen-bond donors (Lipinski definition) is 1. The van der Waals surface area contributed by atoms with Crippen LogP contribution < -0.4 is 10.1 Å². The first-order valence-electron chi connectivity index (χ1n) is 11.2. The Morgan fingerprint density at radius 1 is 1.03 bits per heavy atom. The van der Waals surface area contributed by atoms with Gasteiger partial charge in [0.15, 0.2) is 0 Å². The number of nitro groups is 1. The molecule has 0 fully saturated rings. The Morgan fingerprint density at radius 2 is 1.77 bits per heavy atom. The van der Waals surface area contributed by atoms with E-state index in [1.807, 2.05) is 36.7 Å². The Balaban J connectivity index is 1.44. The van der Waals surface area contributed by atoms with Crippen LogP contribution in [0, 0.1) is 30.9 Å². The number of hydrogen-bond acceptors (Lipinski definition) is 5. The third-order valence-corrected chi connectivity index (χ3v) is 5.84. The highest BCUT2D eigenvalue weighted by Gasteiger charge is 2.16. The van der Waals surface area contributed by atoms with Crippen LogP contribution in [0.4, 0.5) is 11.4 Å². The summed E-state index contributed by atoms with van der Waals surface area (Å²) in [6, 6.07) is 21.2. The van der Waals surface area contributed by atoms with Gasteiger partial charge in [-0.2, -0.15) is 5.10 Å². The van der Waals surface area contributed by atoms with Crippen LogP contribution in [0.5, 0.6) is 5.75 Å². The van der Waals surface area contributed by atoms with Crippen molar-refractivity contribution in [3.8, 4) is 5.75 Å². The minimum atomic E-state index is -0.457. The first-order chi connectivity index (χ1) is 16.8. The molecule has 0 atom stereocenters. The maximum absolute atomic E-state index is 13.0. The van der Waals surface area contributed by atoms with E-state index in [4.69, 9.17) is 4.74 Å². The molecule has 8 nitrogen and oxygen atoms in total. The Bertz CT molecular complexity index is 1380. The summed E-state index contributed by atoms with van der Waals surface area (Å²) in [6.45, 7) is 6.76. The van der Waals surface area contributed by atoms with E-state index in [1.54, 1.807) is 30.3 Å². The number of amides is 1. The summed E-state index contributed by atoms with van der Waals surface area (Å²) in [6.07, 6.45) is 0. The van der Waals surface area contributed by atoms with Gasteiger partial charge in [0, 0.05) is 17.7 Å². The number of nitro benzene ring substituents is 1. The highest BCUT2D eigenvalue weighted by molar-refractivity contribution is 6.05. The van der Waals surface area contributed by atoms with Crippen molar-refractivity contribution in [3.63, 3.8) is 0 Å². The van der Waals surface area contributed by atoms with Crippen molar-refractivity contribution in [2.45, 2.75) is 33.9 Å². The second kappa shape index (κ2) is 10.2. The largest absolute Gasteiger partial charge is 0.489 e. The van der Waals surface area contributed by atoms with Gasteiger partial charge in [-0.25, -0.2) is 0 Å². The van der Waals surface area contributed by atoms with Crippen LogP contribution in [0.1, 0.15) is 38.4 Å². The predicted octanol–water partition coefficient (Wildman–Crippen LogP) is 5.60. The second-order valence-electron chi connectivity index (χ2n) is 8.32. The Labute approximate surface area is 203 Å². The third kappa shape index (κ3) is 5.55. The lowest BCUT2D eigenvalue weighted by atomic mass is 10.1. The normalized spacial score (nSPS) is 10.7. The first-order valence-corrected chi connectivity index (χ1v) is 11.2. The van der Waals surface area contributed by atoms with E-state index in [2.05, 4.69) is 29.5 Å². The molecule has 0 saturated heterocycles. The van der Waals surface area contributed by atoms with E-state index >= 15 is 0 Å². The number of aryl methyl sites for hydroxylation is 2. The van der Waals surface area contributed by atoms with Crippen LogP contribution in [0.3, 0.4) is 0 Å². The maximum Gasteiger partial charge on any atom is 0.269 e. The van der Waals surface area contributed by atoms with Gasteiger partial charge < -0.3 is 10.1 Å². The highest BCUT2D eigenvalue weighted by Crippen LogP contribution is 2.23. The van der Waals surface area contributed by atoms with Gasteiger partial charge in [0.05, 0.1) is 28.5 Å². The quantitative estimate of drug-likeness (QED) is 0.267. The summed E-state index contributed by atoms with van der Waals surface area (Å²) < 4.78 is 7.62. The lowest BCUT2D eigenvalue weighted by Gasteiger charge is -2.10. The van der Waals surface area contributed by atoms with Gasteiger partial charge in [-0.1, -0.05) is 36.4 Å². The number of non-ortho nitro benzene ring substituents is 1. The average Bonchev–Trinajstić information content (AvgIpc) is 3.12. The second-order valence-corrected chi connectivity index (χ2v) is 8.32. The number of carbonyl (C=O) groups is 1. The molecule has 0 spiro atoms. The SMILES string of the molecule is Cc1ccccc1Cn1nc(C)c(NC(=O)c2cccc(COc3ccc([N+](=O)[O-])cc3)c2)c1C. The smallest absolute Gasteiger partial charge is 0.269 e. The molecule has 178 valence electrons. The minimum absolute atomic E-state index is 0.00355. The molecule has 1 amide bonds. The van der Waals surface area contributed by atoms with Crippen molar-refractivity contribution in [3.05, 3.63) is 117 Å². The number of nitrogens with one attached hydrogen (secondary N) is 1. The highest BCUT2D eigenvalue weighted by atomic mass is 16.6. The van der Waals surface area contributed by atoms with E-state index in [1.165, 1.54) is 23.3 Å². The van der Waals surface area contributed by atoms with E-state index in [0.29, 0.717) is 23.5 Å². The Kier molecular flexibility index (Phi) is 6.91. The van der Waals surface area contributed by atoms with Crippen molar-refractivity contribution in [2.24, 2.45) is 0 Å². The monoisotopic (exact) mass is 470 g/mol. The fourth-order valence-corrected chi connectivity index (χ4v) is 3.80. The molecular weight excluding hydrogens is 444 g/mol. The molecule has 0 saturated carbocycles. The maximum atomic E-state index is 13.0. The number of carbonyl (C=O) groups excluding carboxylic acids is 1. The Hall–Kier alpha value is -4.46. The number of nitrogens with zero attached hydrogens (tertiary/aromatic N) is 3. The van der Waals surface area contributed by atoms with E-state index in [-0.39, 0.29) is 18.2 Å². The van der Waals surface area contributed by atoms with E-state index in [0.717, 1.165) is 17.0 Å². The van der Waals surface area contributed by atoms with Gasteiger partial charge in [-0.3, -0.25) is 19.6 Å². The molecule has 1 heterocycles. The number of benzene rings is 3. The molecule has 0 aliphatic rings. The summed E-state index contributed by atoms with van der Waals surface area (Å²) in [5.74, 6) is 0.279. The number of rotatable bonds is 8. The molecule has 1 aromatic heterocycles. The minimum Gasteiger partial charge on any atom is -0.489 e. The first kappa shape index (κ1) is 23.7. The molecule has 3 aromatic carbocycles. The van der Waals surface area contributed by atoms with E-state index in [9.17, 15) is 14.9 Å². The molecule has 35 heavy (non-hydrogen) atoms. The third-order valence-electron chi connectivity index (χ3n) is 5.84. The van der Waals surface area contributed by atoms with Gasteiger partial charge >= 0.3 is 0 Å². The van der Waals surface area contributed by atoms with Crippen molar-refractivity contribution in [2.75, 3.05) is 5.32 Å². The molecule has 0 radical (unpaired) electrons. The molecule has 8 heteroatoms. The van der Waals surface area contributed by atoms with Crippen LogP contribution in [0.2, 0.25) is 0 Å². The molecule has 0 aliphatic heterocycles. The van der Waals surface area contributed by atoms with Crippen molar-refractivity contribution in [1.82, 2.24) is 9.78 Å². The zero-order valence-corrected chi connectivity index (χ0v) is 19.8. The molecule has 4 aromatic rings. The summed E-state index contributed by atoms with van der Waals surface area (Å²) in [7, 11) is 0. The Morgan fingerprint density at radius 3 is 2.49 bits per heavy atom. The van der Waals surface area contributed by atoms with Crippen LogP contribution in [0.25, 0.3) is 0 Å². The van der Waals surface area contributed by atoms with Crippen molar-refractivity contribution < 1.29 is 14.5 Å². The zero-order chi connectivity index (χ0) is 24.9. The molecular formula is C27H26N4O4. The standard InChI is InChI=1S/C27H26N4O4/c1-18-7-4-5-9-23(18)16-30-20(3)26(19(2)29-30)28-27(32)22-10-6-8-21(15-22)17-35-25-13-11-24(12-14-25)31(33)34/h4-15H,16-17H2,1-3H3,(H,28,32). The van der Waals surface area contributed by atoms with Crippen molar-refractivity contribution >= 4 is 17.3 Å². The average molecular weight is 471 g/mol. The van der Waals surface area contributed by atoms with Gasteiger partial charge in [-0.15, -0.1) is 0 Å². The van der Waals surface area contributed by atoms with Crippen molar-refractivity contribution in [1.29, 1.82) is 0 Å². The fourth-order valence-electron chi connectivity index (χ4n) is 3.80. The van der Waals surface area contributed by atoms with Crippen LogP contribution in [-0.2, 0) is 13.2 Å². The predicted molar refractivity (Wildman–Crippen MR) is 134 cm³/mol. The summed E-state index contributed by atoms with van der Waals surface area (Å²) in [4.78, 5) is 23.3. The van der Waals surface area contributed by atoms with Gasteiger partial charge in [0.25, 0.3) is 11.6 Å². The van der Waals surface area contributed by atoms with Crippen LogP contribution in [0.15, 0.2) is 72.8 Å². The fraction of sp³-hybridized carbons (Fsp3) is 0.185. The van der Waals surface area contributed by atoms with E-state index < -0.39 is 4.92 Å². The number of anilines is 1. The van der Waals surface area contributed by atoms with Gasteiger partial charge in [0.1, 0.15) is 12.4 Å². The lowest BCUT2D eigenvalue weighted by Crippen LogP contribution is -2.14. The number of aromatic nitrogens is 2. The molecule has 0 aliphatic carbocycles.